The van der Waals surface area contributed by atoms with E-state index in [2.05, 4.69) is 17.5 Å². The Kier molecular flexibility index (Phi) is 3.59. The van der Waals surface area contributed by atoms with Crippen LogP contribution < -0.4 is 5.32 Å². The molecule has 14 heavy (non-hydrogen) atoms. The Hall–Kier alpha value is -0.350. The van der Waals surface area contributed by atoms with E-state index in [0.717, 1.165) is 29.7 Å². The van der Waals surface area contributed by atoms with Crippen LogP contribution in [0, 0.1) is 0 Å². The Morgan fingerprint density at radius 3 is 3.21 bits per heavy atom. The van der Waals surface area contributed by atoms with Crippen LogP contribution in [0.4, 0.5) is 0 Å². The van der Waals surface area contributed by atoms with Crippen LogP contribution in [0.1, 0.15) is 5.56 Å². The van der Waals surface area contributed by atoms with Crippen LogP contribution in [-0.4, -0.2) is 25.8 Å². The Morgan fingerprint density at radius 1 is 1.64 bits per heavy atom. The minimum absolute atomic E-state index is 0.336. The number of ether oxygens (including phenoxy) is 1. The predicted molar refractivity (Wildman–Crippen MR) is 61.0 cm³/mol. The molecule has 2 rings (SSSR count). The number of thiophene rings is 1. The fraction of sp³-hybridized carbons (Fsp3) is 0.400. The standard InChI is InChI=1S/C10H12ClNOS/c11-10-5-8(7-14-10)1-2-9-6-13-4-3-12-9/h1-2,5,7,9,12H,3-4,6H2/b2-1+. The van der Waals surface area contributed by atoms with E-state index in [1.807, 2.05) is 11.4 Å². The van der Waals surface area contributed by atoms with Crippen LogP contribution in [0.25, 0.3) is 6.08 Å². The first kappa shape index (κ1) is 10.2. The minimum atomic E-state index is 0.336. The highest BCUT2D eigenvalue weighted by molar-refractivity contribution is 7.14. The lowest BCUT2D eigenvalue weighted by atomic mass is 10.2. The van der Waals surface area contributed by atoms with Crippen LogP contribution >= 0.6 is 22.9 Å². The summed E-state index contributed by atoms with van der Waals surface area (Å²) < 4.78 is 6.17. The highest BCUT2D eigenvalue weighted by Crippen LogP contribution is 2.20. The fourth-order valence-corrected chi connectivity index (χ4v) is 2.21. The van der Waals surface area contributed by atoms with Crippen LogP contribution in [0.3, 0.4) is 0 Å². The van der Waals surface area contributed by atoms with Crippen molar-refractivity contribution in [3.63, 3.8) is 0 Å². The maximum atomic E-state index is 5.83. The SMILES string of the molecule is Clc1cc(/C=C/C2COCCN2)cs1. The first-order chi connectivity index (χ1) is 6.84. The zero-order chi connectivity index (χ0) is 9.80. The van der Waals surface area contributed by atoms with Gasteiger partial charge < -0.3 is 10.1 Å². The molecule has 0 bridgehead atoms. The number of morpholine rings is 1. The average Bonchev–Trinajstić information content (AvgIpc) is 2.63. The molecule has 2 heterocycles. The van der Waals surface area contributed by atoms with Gasteiger partial charge in [-0.1, -0.05) is 23.8 Å². The molecule has 0 radical (unpaired) electrons. The zero-order valence-corrected chi connectivity index (χ0v) is 9.27. The van der Waals surface area contributed by atoms with Gasteiger partial charge in [0.15, 0.2) is 0 Å². The summed E-state index contributed by atoms with van der Waals surface area (Å²) in [5.41, 5.74) is 1.16. The Morgan fingerprint density at radius 2 is 2.57 bits per heavy atom. The summed E-state index contributed by atoms with van der Waals surface area (Å²) in [5.74, 6) is 0. The van der Waals surface area contributed by atoms with Gasteiger partial charge in [0.25, 0.3) is 0 Å². The summed E-state index contributed by atoms with van der Waals surface area (Å²) in [4.78, 5) is 0. The van der Waals surface area contributed by atoms with E-state index in [-0.39, 0.29) is 0 Å². The second-order valence-corrected chi connectivity index (χ2v) is 4.72. The van der Waals surface area contributed by atoms with Gasteiger partial charge in [-0.25, -0.2) is 0 Å². The van der Waals surface area contributed by atoms with Crippen LogP contribution in [0.5, 0.6) is 0 Å². The van der Waals surface area contributed by atoms with Crippen molar-refractivity contribution in [3.05, 3.63) is 27.4 Å². The fourth-order valence-electron chi connectivity index (χ4n) is 1.35. The van der Waals surface area contributed by atoms with Crippen molar-refractivity contribution in [2.75, 3.05) is 19.8 Å². The number of nitrogens with one attached hydrogen (secondary N) is 1. The lowest BCUT2D eigenvalue weighted by molar-refractivity contribution is 0.0903. The van der Waals surface area contributed by atoms with Gasteiger partial charge in [0.1, 0.15) is 0 Å². The Balaban J connectivity index is 1.92. The molecule has 1 aromatic rings. The van der Waals surface area contributed by atoms with Gasteiger partial charge in [-0.05, 0) is 17.0 Å². The third-order valence-electron chi connectivity index (χ3n) is 2.06. The normalized spacial score (nSPS) is 23.1. The van der Waals surface area contributed by atoms with Gasteiger partial charge in [-0.2, -0.15) is 0 Å². The predicted octanol–water partition coefficient (Wildman–Crippen LogP) is 2.40. The quantitative estimate of drug-likeness (QED) is 0.841. The molecule has 1 aliphatic heterocycles. The first-order valence-electron chi connectivity index (χ1n) is 4.58. The Labute approximate surface area is 92.5 Å². The monoisotopic (exact) mass is 229 g/mol. The van der Waals surface area contributed by atoms with Gasteiger partial charge in [0.05, 0.1) is 17.6 Å². The summed E-state index contributed by atoms with van der Waals surface area (Å²) in [7, 11) is 0. The first-order valence-corrected chi connectivity index (χ1v) is 5.84. The molecule has 0 aliphatic carbocycles. The molecule has 0 saturated carbocycles. The molecule has 1 N–H and O–H groups in total. The summed E-state index contributed by atoms with van der Waals surface area (Å²) in [6.45, 7) is 2.50. The second-order valence-electron chi connectivity index (χ2n) is 3.18. The maximum absolute atomic E-state index is 5.83. The molecule has 1 saturated heterocycles. The molecular weight excluding hydrogens is 218 g/mol. The molecule has 1 unspecified atom stereocenters. The summed E-state index contributed by atoms with van der Waals surface area (Å²) >= 11 is 7.38. The largest absolute Gasteiger partial charge is 0.378 e. The lowest BCUT2D eigenvalue weighted by Gasteiger charge is -2.20. The van der Waals surface area contributed by atoms with Crippen molar-refractivity contribution < 1.29 is 4.74 Å². The smallest absolute Gasteiger partial charge is 0.0934 e. The number of hydrogen-bond acceptors (Lipinski definition) is 3. The van der Waals surface area contributed by atoms with Gasteiger partial charge in [-0.15, -0.1) is 11.3 Å². The number of hydrogen-bond donors (Lipinski definition) is 1. The summed E-state index contributed by atoms with van der Waals surface area (Å²) in [6.07, 6.45) is 4.20. The van der Waals surface area contributed by atoms with Crippen molar-refractivity contribution in [2.24, 2.45) is 0 Å². The minimum Gasteiger partial charge on any atom is -0.378 e. The molecule has 1 atom stereocenters. The van der Waals surface area contributed by atoms with Crippen LogP contribution in [-0.2, 0) is 4.74 Å². The molecular formula is C10H12ClNOS. The second kappa shape index (κ2) is 4.94. The molecule has 1 aliphatic rings. The molecule has 2 nitrogen and oxygen atoms in total. The van der Waals surface area contributed by atoms with Crippen molar-refractivity contribution >= 4 is 29.0 Å². The van der Waals surface area contributed by atoms with Crippen molar-refractivity contribution in [1.29, 1.82) is 0 Å². The lowest BCUT2D eigenvalue weighted by Crippen LogP contribution is -2.39. The molecule has 0 amide bonds. The molecule has 1 fully saturated rings. The highest BCUT2D eigenvalue weighted by Gasteiger charge is 2.08. The Bertz CT molecular complexity index is 318. The molecule has 4 heteroatoms. The van der Waals surface area contributed by atoms with E-state index < -0.39 is 0 Å². The molecule has 0 aromatic carbocycles. The highest BCUT2D eigenvalue weighted by atomic mass is 35.5. The summed E-state index contributed by atoms with van der Waals surface area (Å²) in [6, 6.07) is 2.30. The van der Waals surface area contributed by atoms with Crippen molar-refractivity contribution in [1.82, 2.24) is 5.32 Å². The van der Waals surface area contributed by atoms with Crippen molar-refractivity contribution in [3.8, 4) is 0 Å². The van der Waals surface area contributed by atoms with Gasteiger partial charge in [0, 0.05) is 12.6 Å². The van der Waals surface area contributed by atoms with Gasteiger partial charge in [-0.3, -0.25) is 0 Å². The van der Waals surface area contributed by atoms with Gasteiger partial charge >= 0.3 is 0 Å². The zero-order valence-electron chi connectivity index (χ0n) is 7.70. The van der Waals surface area contributed by atoms with E-state index in [1.54, 1.807) is 11.3 Å². The van der Waals surface area contributed by atoms with Crippen molar-refractivity contribution in [2.45, 2.75) is 6.04 Å². The number of rotatable bonds is 2. The van der Waals surface area contributed by atoms with E-state index in [9.17, 15) is 0 Å². The van der Waals surface area contributed by atoms with E-state index in [0.29, 0.717) is 6.04 Å². The maximum Gasteiger partial charge on any atom is 0.0934 e. The molecule has 0 spiro atoms. The van der Waals surface area contributed by atoms with E-state index in [4.69, 9.17) is 16.3 Å². The van der Waals surface area contributed by atoms with Gasteiger partial charge in [0.2, 0.25) is 0 Å². The van der Waals surface area contributed by atoms with E-state index in [1.165, 1.54) is 0 Å². The molecule has 76 valence electrons. The number of halogens is 1. The molecule has 1 aromatic heterocycles. The third kappa shape index (κ3) is 2.82. The summed E-state index contributed by atoms with van der Waals surface area (Å²) in [5, 5.41) is 5.40. The third-order valence-corrected chi connectivity index (χ3v) is 3.17. The van der Waals surface area contributed by atoms with E-state index >= 15 is 0 Å². The average molecular weight is 230 g/mol. The van der Waals surface area contributed by atoms with Crippen LogP contribution in [0.15, 0.2) is 17.5 Å². The van der Waals surface area contributed by atoms with Crippen LogP contribution in [0.2, 0.25) is 4.34 Å². The topological polar surface area (TPSA) is 21.3 Å².